The molecule has 126 valence electrons. The Kier molecular flexibility index (Phi) is 3.93. The molecule has 0 saturated carbocycles. The zero-order chi connectivity index (χ0) is 17.2. The van der Waals surface area contributed by atoms with Gasteiger partial charge in [0.2, 0.25) is 5.95 Å². The second-order valence-corrected chi connectivity index (χ2v) is 6.23. The fourth-order valence-electron chi connectivity index (χ4n) is 3.03. The van der Waals surface area contributed by atoms with Crippen LogP contribution in [0.15, 0.2) is 54.7 Å². The van der Waals surface area contributed by atoms with Gasteiger partial charge in [0, 0.05) is 37.7 Å². The van der Waals surface area contributed by atoms with Gasteiger partial charge in [-0.1, -0.05) is 18.2 Å². The van der Waals surface area contributed by atoms with E-state index in [4.69, 9.17) is 0 Å². The predicted molar refractivity (Wildman–Crippen MR) is 101 cm³/mol. The lowest BCUT2D eigenvalue weighted by Gasteiger charge is -2.18. The lowest BCUT2D eigenvalue weighted by Crippen LogP contribution is -2.16. The predicted octanol–water partition coefficient (Wildman–Crippen LogP) is 3.38. The average molecular weight is 332 g/mol. The van der Waals surface area contributed by atoms with E-state index in [1.165, 1.54) is 11.3 Å². The fraction of sp³-hybridized carbons (Fsp3) is 0.211. The molecule has 4 rings (SSSR count). The minimum absolute atomic E-state index is 0.500. The first-order valence-electron chi connectivity index (χ1n) is 8.30. The van der Waals surface area contributed by atoms with Crippen molar-refractivity contribution < 1.29 is 0 Å². The summed E-state index contributed by atoms with van der Waals surface area (Å²) in [5.41, 5.74) is 4.62. The standard InChI is InChI=1S/C19H20N6/c1-24(2)16-9-7-15(8-10-16)21-19-22-18(13-20-23-19)25-12-11-14-5-3-4-6-17(14)25/h3-10,13H,11-12H2,1-2H3,(H,21,22,23). The zero-order valence-electron chi connectivity index (χ0n) is 14.3. The molecule has 2 aromatic carbocycles. The van der Waals surface area contributed by atoms with Crippen LogP contribution in [0.3, 0.4) is 0 Å². The summed E-state index contributed by atoms with van der Waals surface area (Å²) < 4.78 is 0. The monoisotopic (exact) mass is 332 g/mol. The summed E-state index contributed by atoms with van der Waals surface area (Å²) in [6.07, 6.45) is 2.73. The second-order valence-electron chi connectivity index (χ2n) is 6.23. The maximum absolute atomic E-state index is 4.64. The third kappa shape index (κ3) is 3.10. The summed E-state index contributed by atoms with van der Waals surface area (Å²) in [6, 6.07) is 16.5. The van der Waals surface area contributed by atoms with E-state index >= 15 is 0 Å². The Hall–Kier alpha value is -3.15. The molecule has 2 heterocycles. The van der Waals surface area contributed by atoms with Gasteiger partial charge in [-0.2, -0.15) is 10.1 Å². The Morgan fingerprint density at radius 2 is 1.84 bits per heavy atom. The minimum atomic E-state index is 0.500. The summed E-state index contributed by atoms with van der Waals surface area (Å²) >= 11 is 0. The largest absolute Gasteiger partial charge is 0.378 e. The molecule has 0 atom stereocenters. The second kappa shape index (κ2) is 6.39. The van der Waals surface area contributed by atoms with Crippen molar-refractivity contribution in [3.8, 4) is 0 Å². The summed E-state index contributed by atoms with van der Waals surface area (Å²) in [4.78, 5) is 8.88. The van der Waals surface area contributed by atoms with Crippen LogP contribution < -0.4 is 15.1 Å². The van der Waals surface area contributed by atoms with Gasteiger partial charge in [-0.3, -0.25) is 0 Å². The molecule has 0 saturated heterocycles. The number of nitrogens with one attached hydrogen (secondary N) is 1. The quantitative estimate of drug-likeness (QED) is 0.790. The highest BCUT2D eigenvalue weighted by Crippen LogP contribution is 2.33. The van der Waals surface area contributed by atoms with Crippen LogP contribution >= 0.6 is 0 Å². The van der Waals surface area contributed by atoms with Crippen molar-refractivity contribution in [1.29, 1.82) is 0 Å². The lowest BCUT2D eigenvalue weighted by molar-refractivity contribution is 0.920. The highest BCUT2D eigenvalue weighted by molar-refractivity contribution is 5.68. The van der Waals surface area contributed by atoms with Gasteiger partial charge in [0.1, 0.15) is 0 Å². The summed E-state index contributed by atoms with van der Waals surface area (Å²) in [5.74, 6) is 1.31. The SMILES string of the molecule is CN(C)c1ccc(Nc2nncc(N3CCc4ccccc43)n2)cc1. The molecule has 3 aromatic rings. The van der Waals surface area contributed by atoms with Crippen molar-refractivity contribution in [2.75, 3.05) is 35.8 Å². The van der Waals surface area contributed by atoms with E-state index < -0.39 is 0 Å². The summed E-state index contributed by atoms with van der Waals surface area (Å²) in [7, 11) is 4.04. The van der Waals surface area contributed by atoms with E-state index in [1.807, 2.05) is 26.2 Å². The maximum atomic E-state index is 4.64. The van der Waals surface area contributed by atoms with Crippen LogP contribution in [0.5, 0.6) is 0 Å². The molecule has 0 aliphatic carbocycles. The molecule has 1 N–H and O–H groups in total. The number of benzene rings is 2. The van der Waals surface area contributed by atoms with Crippen LogP contribution in [0, 0.1) is 0 Å². The molecule has 0 unspecified atom stereocenters. The number of rotatable bonds is 4. The number of hydrogen-bond donors (Lipinski definition) is 1. The number of hydrogen-bond acceptors (Lipinski definition) is 6. The van der Waals surface area contributed by atoms with Crippen molar-refractivity contribution in [2.45, 2.75) is 6.42 Å². The van der Waals surface area contributed by atoms with Crippen LogP contribution in [0.25, 0.3) is 0 Å². The summed E-state index contributed by atoms with van der Waals surface area (Å²) in [6.45, 7) is 0.912. The highest BCUT2D eigenvalue weighted by Gasteiger charge is 2.21. The van der Waals surface area contributed by atoms with Gasteiger partial charge in [-0.05, 0) is 42.3 Å². The van der Waals surface area contributed by atoms with Crippen LogP contribution in [0.4, 0.5) is 28.8 Å². The van der Waals surface area contributed by atoms with Crippen LogP contribution in [-0.2, 0) is 6.42 Å². The smallest absolute Gasteiger partial charge is 0.249 e. The molecular formula is C19H20N6. The molecule has 25 heavy (non-hydrogen) atoms. The van der Waals surface area contributed by atoms with Crippen molar-refractivity contribution >= 4 is 28.8 Å². The lowest BCUT2D eigenvalue weighted by atomic mass is 10.2. The van der Waals surface area contributed by atoms with Crippen molar-refractivity contribution in [3.63, 3.8) is 0 Å². The van der Waals surface area contributed by atoms with Crippen LogP contribution in [0.2, 0.25) is 0 Å². The highest BCUT2D eigenvalue weighted by atomic mass is 15.3. The molecule has 0 fully saturated rings. The molecule has 6 heteroatoms. The Labute approximate surface area is 147 Å². The molecule has 1 aromatic heterocycles. The Morgan fingerprint density at radius 3 is 2.64 bits per heavy atom. The Bertz CT molecular complexity index is 875. The number of nitrogens with zero attached hydrogens (tertiary/aromatic N) is 5. The Morgan fingerprint density at radius 1 is 1.04 bits per heavy atom. The fourth-order valence-corrected chi connectivity index (χ4v) is 3.03. The first-order chi connectivity index (χ1) is 12.2. The molecule has 0 radical (unpaired) electrons. The number of anilines is 5. The third-order valence-corrected chi connectivity index (χ3v) is 4.35. The van der Waals surface area contributed by atoms with Gasteiger partial charge in [-0.25, -0.2) is 0 Å². The van der Waals surface area contributed by atoms with Gasteiger partial charge in [0.25, 0.3) is 0 Å². The number of aromatic nitrogens is 3. The van der Waals surface area contributed by atoms with E-state index in [2.05, 4.69) is 66.7 Å². The molecular weight excluding hydrogens is 312 g/mol. The van der Waals surface area contributed by atoms with E-state index in [0.29, 0.717) is 5.95 Å². The topological polar surface area (TPSA) is 57.2 Å². The molecule has 1 aliphatic rings. The molecule has 6 nitrogen and oxygen atoms in total. The third-order valence-electron chi connectivity index (χ3n) is 4.35. The van der Waals surface area contributed by atoms with Gasteiger partial charge in [0.05, 0.1) is 6.20 Å². The van der Waals surface area contributed by atoms with Crippen molar-refractivity contribution in [3.05, 3.63) is 60.3 Å². The van der Waals surface area contributed by atoms with Crippen molar-refractivity contribution in [2.24, 2.45) is 0 Å². The normalized spacial score (nSPS) is 12.8. The van der Waals surface area contributed by atoms with E-state index in [0.717, 1.165) is 30.2 Å². The number of para-hydroxylation sites is 1. The van der Waals surface area contributed by atoms with E-state index in [9.17, 15) is 0 Å². The Balaban J connectivity index is 1.56. The summed E-state index contributed by atoms with van der Waals surface area (Å²) in [5, 5.41) is 11.5. The van der Waals surface area contributed by atoms with Gasteiger partial charge < -0.3 is 15.1 Å². The van der Waals surface area contributed by atoms with E-state index in [1.54, 1.807) is 6.20 Å². The molecule has 0 amide bonds. The first kappa shape index (κ1) is 15.4. The minimum Gasteiger partial charge on any atom is -0.378 e. The molecule has 0 bridgehead atoms. The average Bonchev–Trinajstić information content (AvgIpc) is 3.06. The van der Waals surface area contributed by atoms with Gasteiger partial charge >= 0.3 is 0 Å². The zero-order valence-corrected chi connectivity index (χ0v) is 14.3. The molecule has 1 aliphatic heterocycles. The van der Waals surface area contributed by atoms with Gasteiger partial charge in [-0.15, -0.1) is 5.10 Å². The van der Waals surface area contributed by atoms with Crippen LogP contribution in [0.1, 0.15) is 5.56 Å². The van der Waals surface area contributed by atoms with E-state index in [-0.39, 0.29) is 0 Å². The van der Waals surface area contributed by atoms with Crippen molar-refractivity contribution in [1.82, 2.24) is 15.2 Å². The molecule has 0 spiro atoms. The number of fused-ring (bicyclic) bond motifs is 1. The van der Waals surface area contributed by atoms with Crippen LogP contribution in [-0.4, -0.2) is 35.8 Å². The maximum Gasteiger partial charge on any atom is 0.249 e. The first-order valence-corrected chi connectivity index (χ1v) is 8.30. The van der Waals surface area contributed by atoms with Gasteiger partial charge in [0.15, 0.2) is 5.82 Å².